The van der Waals surface area contributed by atoms with Crippen molar-refractivity contribution in [1.82, 2.24) is 4.98 Å². The van der Waals surface area contributed by atoms with Crippen LogP contribution in [0.2, 0.25) is 0 Å². The van der Waals surface area contributed by atoms with Crippen LogP contribution in [0.25, 0.3) is 10.4 Å². The number of benzene rings is 1. The third-order valence-electron chi connectivity index (χ3n) is 2.61. The lowest BCUT2D eigenvalue weighted by Gasteiger charge is -2.13. The number of nitrogen functional groups attached to an aromatic ring is 1. The molecule has 1 heterocycles. The van der Waals surface area contributed by atoms with E-state index in [1.165, 1.54) is 15.4 Å². The van der Waals surface area contributed by atoms with Gasteiger partial charge >= 0.3 is 0 Å². The summed E-state index contributed by atoms with van der Waals surface area (Å²) in [5, 5.41) is 1.18. The smallest absolute Gasteiger partial charge is 0.0988 e. The fourth-order valence-electron chi connectivity index (χ4n) is 1.62. The second-order valence-corrected chi connectivity index (χ2v) is 6.30. The zero-order valence-electron chi connectivity index (χ0n) is 10.7. The number of thiazole rings is 1. The summed E-state index contributed by atoms with van der Waals surface area (Å²) >= 11 is 1.77. The third kappa shape index (κ3) is 2.50. The van der Waals surface area contributed by atoms with Gasteiger partial charge in [-0.2, -0.15) is 0 Å². The molecule has 0 spiro atoms. The van der Waals surface area contributed by atoms with Crippen LogP contribution in [-0.2, 0) is 5.41 Å². The van der Waals surface area contributed by atoms with E-state index in [0.29, 0.717) is 0 Å². The molecule has 2 aromatic rings. The van der Waals surface area contributed by atoms with Crippen molar-refractivity contribution in [3.8, 4) is 10.4 Å². The van der Waals surface area contributed by atoms with Gasteiger partial charge in [0.05, 0.1) is 15.6 Å². The minimum absolute atomic E-state index is 0.113. The van der Waals surface area contributed by atoms with Gasteiger partial charge in [0.1, 0.15) is 0 Å². The van der Waals surface area contributed by atoms with Crippen LogP contribution in [0.15, 0.2) is 24.3 Å². The van der Waals surface area contributed by atoms with Crippen molar-refractivity contribution in [3.05, 3.63) is 35.0 Å². The van der Waals surface area contributed by atoms with E-state index in [9.17, 15) is 0 Å². The summed E-state index contributed by atoms with van der Waals surface area (Å²) in [7, 11) is 0. The van der Waals surface area contributed by atoms with Gasteiger partial charge in [0.15, 0.2) is 0 Å². The van der Waals surface area contributed by atoms with Gasteiger partial charge in [-0.1, -0.05) is 32.9 Å². The van der Waals surface area contributed by atoms with Crippen molar-refractivity contribution < 1.29 is 0 Å². The second-order valence-electron chi connectivity index (χ2n) is 5.31. The molecule has 0 amide bonds. The van der Waals surface area contributed by atoms with Crippen LogP contribution in [0, 0.1) is 6.92 Å². The fourth-order valence-corrected chi connectivity index (χ4v) is 2.75. The van der Waals surface area contributed by atoms with E-state index in [2.05, 4.69) is 44.8 Å². The number of anilines is 1. The van der Waals surface area contributed by atoms with E-state index in [1.54, 1.807) is 11.3 Å². The minimum atomic E-state index is 0.113. The highest BCUT2D eigenvalue weighted by Crippen LogP contribution is 2.35. The predicted molar refractivity (Wildman–Crippen MR) is 75.4 cm³/mol. The molecule has 2 rings (SSSR count). The minimum Gasteiger partial charge on any atom is -0.399 e. The van der Waals surface area contributed by atoms with Crippen LogP contribution >= 0.6 is 11.3 Å². The highest BCUT2D eigenvalue weighted by molar-refractivity contribution is 7.15. The van der Waals surface area contributed by atoms with E-state index >= 15 is 0 Å². The summed E-state index contributed by atoms with van der Waals surface area (Å²) in [5.41, 5.74) is 8.92. The van der Waals surface area contributed by atoms with Crippen molar-refractivity contribution in [1.29, 1.82) is 0 Å². The predicted octanol–water partition coefficient (Wildman–Crippen LogP) is 4.00. The van der Waals surface area contributed by atoms with Crippen molar-refractivity contribution in [2.45, 2.75) is 33.1 Å². The second kappa shape index (κ2) is 4.15. The summed E-state index contributed by atoms with van der Waals surface area (Å²) < 4.78 is 0. The summed E-state index contributed by atoms with van der Waals surface area (Å²) in [6.07, 6.45) is 0. The quantitative estimate of drug-likeness (QED) is 0.772. The lowest BCUT2D eigenvalue weighted by atomic mass is 9.98. The first kappa shape index (κ1) is 12.1. The first-order valence-corrected chi connectivity index (χ1v) is 6.53. The van der Waals surface area contributed by atoms with Crippen molar-refractivity contribution >= 4 is 17.0 Å². The molecule has 2 N–H and O–H groups in total. The Kier molecular flexibility index (Phi) is 2.96. The third-order valence-corrected chi connectivity index (χ3v) is 4.24. The molecule has 0 saturated carbocycles. The Balaban J connectivity index is 2.46. The molecule has 0 aliphatic heterocycles. The monoisotopic (exact) mass is 246 g/mol. The highest BCUT2D eigenvalue weighted by Gasteiger charge is 2.20. The van der Waals surface area contributed by atoms with Crippen LogP contribution < -0.4 is 5.73 Å². The number of nitrogens with zero attached hydrogens (tertiary/aromatic N) is 1. The number of hydrogen-bond acceptors (Lipinski definition) is 3. The molecule has 17 heavy (non-hydrogen) atoms. The molecule has 0 saturated heterocycles. The molecule has 3 heteroatoms. The molecule has 90 valence electrons. The summed E-state index contributed by atoms with van der Waals surface area (Å²) in [5.74, 6) is 0. The Morgan fingerprint density at radius 2 is 1.71 bits per heavy atom. The molecular formula is C14H18N2S. The molecular weight excluding hydrogens is 228 g/mol. The Bertz CT molecular complexity index is 518. The van der Waals surface area contributed by atoms with E-state index in [0.717, 1.165) is 11.4 Å². The van der Waals surface area contributed by atoms with E-state index in [1.807, 2.05) is 12.1 Å². The SMILES string of the molecule is Cc1nc(C(C)(C)C)sc1-c1ccc(N)cc1. The molecule has 0 aliphatic rings. The van der Waals surface area contributed by atoms with E-state index < -0.39 is 0 Å². The van der Waals surface area contributed by atoms with Gasteiger partial charge in [0.2, 0.25) is 0 Å². The van der Waals surface area contributed by atoms with Crippen LogP contribution in [0.5, 0.6) is 0 Å². The maximum absolute atomic E-state index is 5.71. The summed E-state index contributed by atoms with van der Waals surface area (Å²) in [6.45, 7) is 8.64. The maximum Gasteiger partial charge on any atom is 0.0988 e. The average molecular weight is 246 g/mol. The highest BCUT2D eigenvalue weighted by atomic mass is 32.1. The molecule has 0 radical (unpaired) electrons. The number of rotatable bonds is 1. The molecule has 0 bridgehead atoms. The standard InChI is InChI=1S/C14H18N2S/c1-9-12(10-5-7-11(15)8-6-10)17-13(16-9)14(2,3)4/h5-8H,15H2,1-4H3. The molecule has 2 nitrogen and oxygen atoms in total. The van der Waals surface area contributed by atoms with Crippen LogP contribution in [0.4, 0.5) is 5.69 Å². The van der Waals surface area contributed by atoms with Gasteiger partial charge < -0.3 is 5.73 Å². The van der Waals surface area contributed by atoms with Gasteiger partial charge in [-0.15, -0.1) is 11.3 Å². The fraction of sp³-hybridized carbons (Fsp3) is 0.357. The first-order chi connectivity index (χ1) is 7.88. The van der Waals surface area contributed by atoms with Crippen LogP contribution in [0.1, 0.15) is 31.5 Å². The number of nitrogens with two attached hydrogens (primary N) is 1. The first-order valence-electron chi connectivity index (χ1n) is 5.72. The summed E-state index contributed by atoms with van der Waals surface area (Å²) in [6, 6.07) is 7.99. The van der Waals surface area contributed by atoms with Gasteiger partial charge in [-0.25, -0.2) is 4.98 Å². The average Bonchev–Trinajstić information content (AvgIpc) is 2.61. The van der Waals surface area contributed by atoms with Crippen molar-refractivity contribution in [2.75, 3.05) is 5.73 Å². The van der Waals surface area contributed by atoms with Crippen LogP contribution in [0.3, 0.4) is 0 Å². The molecule has 0 fully saturated rings. The van der Waals surface area contributed by atoms with Gasteiger partial charge in [0, 0.05) is 11.1 Å². The molecule has 1 aromatic carbocycles. The number of hydrogen-bond donors (Lipinski definition) is 1. The zero-order valence-corrected chi connectivity index (χ0v) is 11.6. The maximum atomic E-state index is 5.71. The Hall–Kier alpha value is -1.35. The summed E-state index contributed by atoms with van der Waals surface area (Å²) in [4.78, 5) is 5.91. The van der Waals surface area contributed by atoms with E-state index in [-0.39, 0.29) is 5.41 Å². The van der Waals surface area contributed by atoms with Crippen molar-refractivity contribution in [3.63, 3.8) is 0 Å². The van der Waals surface area contributed by atoms with Crippen molar-refractivity contribution in [2.24, 2.45) is 0 Å². The molecule has 1 aromatic heterocycles. The number of aryl methyl sites for hydroxylation is 1. The van der Waals surface area contributed by atoms with E-state index in [4.69, 9.17) is 5.73 Å². The normalized spacial score (nSPS) is 11.8. The molecule has 0 atom stereocenters. The van der Waals surface area contributed by atoms with Crippen LogP contribution in [-0.4, -0.2) is 4.98 Å². The molecule has 0 aliphatic carbocycles. The Morgan fingerprint density at radius 3 is 2.18 bits per heavy atom. The van der Waals surface area contributed by atoms with Gasteiger partial charge in [-0.05, 0) is 24.6 Å². The van der Waals surface area contributed by atoms with Gasteiger partial charge in [0.25, 0.3) is 0 Å². The topological polar surface area (TPSA) is 38.9 Å². The lowest BCUT2D eigenvalue weighted by Crippen LogP contribution is -2.10. The number of aromatic nitrogens is 1. The lowest BCUT2D eigenvalue weighted by molar-refractivity contribution is 0.584. The van der Waals surface area contributed by atoms with Gasteiger partial charge in [-0.3, -0.25) is 0 Å². The Labute approximate surface area is 107 Å². The molecule has 0 unspecified atom stereocenters. The zero-order chi connectivity index (χ0) is 12.6. The largest absolute Gasteiger partial charge is 0.399 e. The Morgan fingerprint density at radius 1 is 1.12 bits per heavy atom.